The van der Waals surface area contributed by atoms with Crippen LogP contribution in [-0.4, -0.2) is 47.3 Å². The first kappa shape index (κ1) is 19.4. The van der Waals surface area contributed by atoms with Crippen molar-refractivity contribution in [3.8, 4) is 16.9 Å². The number of likely N-dealkylation sites (tertiary alicyclic amines) is 1. The van der Waals surface area contributed by atoms with Crippen molar-refractivity contribution in [2.75, 3.05) is 26.7 Å². The summed E-state index contributed by atoms with van der Waals surface area (Å²) in [6.07, 6.45) is 5.61. The van der Waals surface area contributed by atoms with Crippen LogP contribution in [0.2, 0.25) is 0 Å². The Kier molecular flexibility index (Phi) is 6.06. The van der Waals surface area contributed by atoms with Crippen LogP contribution < -0.4 is 4.90 Å². The first-order valence-corrected chi connectivity index (χ1v) is 10.5. The molecule has 4 rings (SSSR count). The molecule has 2 aromatic carbocycles. The molecule has 0 bridgehead atoms. The van der Waals surface area contributed by atoms with Crippen molar-refractivity contribution in [3.05, 3.63) is 72.4 Å². The van der Waals surface area contributed by atoms with Crippen molar-refractivity contribution in [3.63, 3.8) is 0 Å². The van der Waals surface area contributed by atoms with E-state index in [-0.39, 0.29) is 5.91 Å². The summed E-state index contributed by atoms with van der Waals surface area (Å²) < 4.78 is 1.94. The summed E-state index contributed by atoms with van der Waals surface area (Å²) in [7, 11) is 2.09. The maximum atomic E-state index is 12.7. The normalized spacial score (nSPS) is 15.3. The van der Waals surface area contributed by atoms with Crippen LogP contribution >= 0.6 is 0 Å². The van der Waals surface area contributed by atoms with E-state index in [0.717, 1.165) is 55.0 Å². The number of nitrogens with one attached hydrogen (secondary N) is 1. The molecule has 0 aliphatic carbocycles. The zero-order chi connectivity index (χ0) is 20.1. The van der Waals surface area contributed by atoms with Gasteiger partial charge in [-0.2, -0.15) is 5.10 Å². The molecule has 1 saturated heterocycles. The van der Waals surface area contributed by atoms with Gasteiger partial charge in [0.15, 0.2) is 6.54 Å². The number of piperidine rings is 1. The van der Waals surface area contributed by atoms with E-state index in [1.54, 1.807) is 0 Å². The number of aromatic nitrogens is 2. The summed E-state index contributed by atoms with van der Waals surface area (Å²) in [5, 5.41) is 4.88. The van der Waals surface area contributed by atoms with Gasteiger partial charge in [0, 0.05) is 24.8 Å². The van der Waals surface area contributed by atoms with Gasteiger partial charge in [0.1, 0.15) is 12.2 Å². The molecule has 1 unspecified atom stereocenters. The predicted molar refractivity (Wildman–Crippen MR) is 115 cm³/mol. The van der Waals surface area contributed by atoms with E-state index in [1.807, 2.05) is 46.0 Å². The van der Waals surface area contributed by atoms with E-state index in [0.29, 0.717) is 6.54 Å². The van der Waals surface area contributed by atoms with Crippen molar-refractivity contribution in [1.29, 1.82) is 0 Å². The summed E-state index contributed by atoms with van der Waals surface area (Å²) in [4.78, 5) is 15.9. The van der Waals surface area contributed by atoms with Crippen LogP contribution in [0.15, 0.2) is 66.9 Å². The molecule has 1 fully saturated rings. The fraction of sp³-hybridized carbons (Fsp3) is 0.333. The van der Waals surface area contributed by atoms with Gasteiger partial charge in [-0.1, -0.05) is 48.5 Å². The second-order valence-corrected chi connectivity index (χ2v) is 7.90. The zero-order valence-corrected chi connectivity index (χ0v) is 17.1. The van der Waals surface area contributed by atoms with Crippen LogP contribution in [0.25, 0.3) is 16.9 Å². The SMILES string of the molecule is C[NH+](CC(=O)N1CCCCC1)Cc1cn(-c2ccccc2)nc1-c1ccccc1. The molecular weight excluding hydrogens is 360 g/mol. The van der Waals surface area contributed by atoms with Crippen molar-refractivity contribution < 1.29 is 9.69 Å². The van der Waals surface area contributed by atoms with E-state index < -0.39 is 0 Å². The Bertz CT molecular complexity index is 930. The van der Waals surface area contributed by atoms with E-state index in [2.05, 4.69) is 37.5 Å². The highest BCUT2D eigenvalue weighted by atomic mass is 16.2. The Morgan fingerprint density at radius 2 is 1.62 bits per heavy atom. The van der Waals surface area contributed by atoms with Crippen molar-refractivity contribution in [1.82, 2.24) is 14.7 Å². The lowest BCUT2D eigenvalue weighted by molar-refractivity contribution is -0.885. The average Bonchev–Trinajstić information content (AvgIpc) is 3.19. The highest BCUT2D eigenvalue weighted by molar-refractivity contribution is 5.77. The summed E-state index contributed by atoms with van der Waals surface area (Å²) in [6.45, 7) is 3.10. The Morgan fingerprint density at radius 3 is 2.31 bits per heavy atom. The molecule has 1 aliphatic heterocycles. The van der Waals surface area contributed by atoms with E-state index >= 15 is 0 Å². The molecule has 3 aromatic rings. The number of benzene rings is 2. The highest BCUT2D eigenvalue weighted by Gasteiger charge is 2.22. The van der Waals surface area contributed by atoms with E-state index in [1.165, 1.54) is 11.3 Å². The molecule has 1 amide bonds. The topological polar surface area (TPSA) is 42.6 Å². The molecule has 1 N–H and O–H groups in total. The van der Waals surface area contributed by atoms with Crippen molar-refractivity contribution >= 4 is 5.91 Å². The van der Waals surface area contributed by atoms with Crippen LogP contribution in [0.1, 0.15) is 24.8 Å². The monoisotopic (exact) mass is 389 g/mol. The number of rotatable bonds is 6. The number of amides is 1. The van der Waals surface area contributed by atoms with Crippen LogP contribution in [0, 0.1) is 0 Å². The molecule has 1 aliphatic rings. The molecule has 5 heteroatoms. The predicted octanol–water partition coefficient (Wildman–Crippen LogP) is 2.57. The lowest BCUT2D eigenvalue weighted by atomic mass is 10.1. The lowest BCUT2D eigenvalue weighted by Gasteiger charge is -2.27. The molecule has 2 heterocycles. The molecular formula is C24H29N4O+. The summed E-state index contributed by atoms with van der Waals surface area (Å²) in [5.41, 5.74) is 4.29. The maximum Gasteiger partial charge on any atom is 0.277 e. The van der Waals surface area contributed by atoms with E-state index in [9.17, 15) is 4.79 Å². The van der Waals surface area contributed by atoms with Gasteiger partial charge in [-0.15, -0.1) is 0 Å². The first-order valence-electron chi connectivity index (χ1n) is 10.5. The summed E-state index contributed by atoms with van der Waals surface area (Å²) in [6, 6.07) is 20.5. The van der Waals surface area contributed by atoms with Crippen molar-refractivity contribution in [2.24, 2.45) is 0 Å². The smallest absolute Gasteiger partial charge is 0.277 e. The fourth-order valence-corrected chi connectivity index (χ4v) is 3.99. The molecule has 1 atom stereocenters. The summed E-state index contributed by atoms with van der Waals surface area (Å²) in [5.74, 6) is 0.263. The third kappa shape index (κ3) is 4.74. The standard InChI is InChI=1S/C24H28N4O/c1-26(19-23(29)27-15-9-4-10-16-27)17-21-18-28(22-13-7-3-8-14-22)25-24(21)20-11-5-2-6-12-20/h2-3,5-8,11-14,18H,4,9-10,15-17,19H2,1H3/p+1. The number of nitrogens with zero attached hydrogens (tertiary/aromatic N) is 3. The Hall–Kier alpha value is -2.92. The molecule has 5 nitrogen and oxygen atoms in total. The van der Waals surface area contributed by atoms with Gasteiger partial charge in [-0.25, -0.2) is 4.68 Å². The Morgan fingerprint density at radius 1 is 0.966 bits per heavy atom. The fourth-order valence-electron chi connectivity index (χ4n) is 3.99. The minimum Gasteiger partial charge on any atom is -0.338 e. The summed E-state index contributed by atoms with van der Waals surface area (Å²) >= 11 is 0. The molecule has 1 aromatic heterocycles. The Balaban J connectivity index is 1.55. The number of para-hydroxylation sites is 1. The van der Waals surface area contributed by atoms with Crippen LogP contribution in [0.3, 0.4) is 0 Å². The van der Waals surface area contributed by atoms with Crippen LogP contribution in [0.4, 0.5) is 0 Å². The second kappa shape index (κ2) is 9.05. The van der Waals surface area contributed by atoms with Gasteiger partial charge in [0.05, 0.1) is 18.3 Å². The van der Waals surface area contributed by atoms with Gasteiger partial charge in [0.25, 0.3) is 5.91 Å². The van der Waals surface area contributed by atoms with Gasteiger partial charge < -0.3 is 9.80 Å². The maximum absolute atomic E-state index is 12.7. The number of hydrogen-bond donors (Lipinski definition) is 1. The number of hydrogen-bond acceptors (Lipinski definition) is 2. The number of carbonyl (C=O) groups excluding carboxylic acids is 1. The number of likely N-dealkylation sites (N-methyl/N-ethyl adjacent to an activating group) is 1. The van der Waals surface area contributed by atoms with Gasteiger partial charge in [-0.05, 0) is 31.4 Å². The minimum absolute atomic E-state index is 0.263. The van der Waals surface area contributed by atoms with Crippen LogP contribution in [0.5, 0.6) is 0 Å². The van der Waals surface area contributed by atoms with Gasteiger partial charge in [0.2, 0.25) is 0 Å². The lowest BCUT2D eigenvalue weighted by Crippen LogP contribution is -3.08. The molecule has 29 heavy (non-hydrogen) atoms. The molecule has 0 spiro atoms. The van der Waals surface area contributed by atoms with E-state index in [4.69, 9.17) is 5.10 Å². The number of carbonyl (C=O) groups is 1. The number of quaternary nitrogens is 1. The molecule has 0 saturated carbocycles. The quantitative estimate of drug-likeness (QED) is 0.704. The average molecular weight is 390 g/mol. The zero-order valence-electron chi connectivity index (χ0n) is 17.1. The van der Waals surface area contributed by atoms with Crippen LogP contribution in [-0.2, 0) is 11.3 Å². The molecule has 0 radical (unpaired) electrons. The first-order chi connectivity index (χ1) is 14.2. The largest absolute Gasteiger partial charge is 0.338 e. The minimum atomic E-state index is 0.263. The van der Waals surface area contributed by atoms with Crippen molar-refractivity contribution in [2.45, 2.75) is 25.8 Å². The highest BCUT2D eigenvalue weighted by Crippen LogP contribution is 2.23. The molecule has 150 valence electrons. The third-order valence-electron chi connectivity index (χ3n) is 5.51. The van der Waals surface area contributed by atoms with Gasteiger partial charge >= 0.3 is 0 Å². The van der Waals surface area contributed by atoms with Gasteiger partial charge in [-0.3, -0.25) is 4.79 Å². The Labute approximate surface area is 172 Å². The second-order valence-electron chi connectivity index (χ2n) is 7.90. The third-order valence-corrected chi connectivity index (χ3v) is 5.51.